The van der Waals surface area contributed by atoms with E-state index in [0.29, 0.717) is 5.69 Å². The molecule has 0 atom stereocenters. The van der Waals surface area contributed by atoms with Crippen molar-refractivity contribution in [2.75, 3.05) is 5.32 Å². The minimum absolute atomic E-state index is 0.0149. The van der Waals surface area contributed by atoms with Crippen LogP contribution in [-0.4, -0.2) is 18.0 Å². The first-order valence-corrected chi connectivity index (χ1v) is 7.65. The van der Waals surface area contributed by atoms with Gasteiger partial charge in [0.2, 0.25) is 0 Å². The third kappa shape index (κ3) is 5.08. The smallest absolute Gasteiger partial charge is 0.319 e. The molecule has 24 heavy (non-hydrogen) atoms. The molecule has 0 aromatic heterocycles. The molecule has 3 N–H and O–H groups in total. The zero-order valence-corrected chi connectivity index (χ0v) is 13.6. The summed E-state index contributed by atoms with van der Waals surface area (Å²) in [4.78, 5) is 23.5. The zero-order valence-electron chi connectivity index (χ0n) is 13.6. The van der Waals surface area contributed by atoms with Gasteiger partial charge in [0.05, 0.1) is 5.56 Å². The van der Waals surface area contributed by atoms with Gasteiger partial charge in [-0.25, -0.2) is 9.18 Å². The summed E-state index contributed by atoms with van der Waals surface area (Å²) in [6.45, 7) is 4.02. The molecule has 6 heteroatoms. The monoisotopic (exact) mass is 329 g/mol. The molecule has 5 nitrogen and oxygen atoms in total. The lowest BCUT2D eigenvalue weighted by Crippen LogP contribution is -2.34. The molecular formula is C18H20FN3O2. The van der Waals surface area contributed by atoms with Crippen molar-refractivity contribution in [1.82, 2.24) is 10.6 Å². The first kappa shape index (κ1) is 17.5. The summed E-state index contributed by atoms with van der Waals surface area (Å²) in [5, 5.41) is 8.10. The number of hydrogen-bond acceptors (Lipinski definition) is 2. The quantitative estimate of drug-likeness (QED) is 0.788. The Bertz CT molecular complexity index is 714. The lowest BCUT2D eigenvalue weighted by Gasteiger charge is -2.11. The Morgan fingerprint density at radius 1 is 1.04 bits per heavy atom. The van der Waals surface area contributed by atoms with E-state index in [1.807, 2.05) is 13.8 Å². The number of benzene rings is 2. The molecular weight excluding hydrogens is 309 g/mol. The van der Waals surface area contributed by atoms with Crippen LogP contribution in [0.3, 0.4) is 0 Å². The summed E-state index contributed by atoms with van der Waals surface area (Å²) in [5.41, 5.74) is 1.51. The highest BCUT2D eigenvalue weighted by Crippen LogP contribution is 2.10. The second kappa shape index (κ2) is 8.10. The van der Waals surface area contributed by atoms with Gasteiger partial charge in [-0.3, -0.25) is 4.79 Å². The Kier molecular flexibility index (Phi) is 5.89. The van der Waals surface area contributed by atoms with Gasteiger partial charge in [-0.05, 0) is 43.7 Å². The number of halogens is 1. The van der Waals surface area contributed by atoms with E-state index in [1.165, 1.54) is 18.2 Å². The van der Waals surface area contributed by atoms with Gasteiger partial charge in [-0.15, -0.1) is 0 Å². The van der Waals surface area contributed by atoms with Crippen molar-refractivity contribution in [3.63, 3.8) is 0 Å². The average Bonchev–Trinajstić information content (AvgIpc) is 2.53. The molecule has 0 heterocycles. The van der Waals surface area contributed by atoms with Crippen LogP contribution >= 0.6 is 0 Å². The van der Waals surface area contributed by atoms with Crippen molar-refractivity contribution >= 4 is 17.6 Å². The number of amides is 3. The van der Waals surface area contributed by atoms with Gasteiger partial charge in [0.25, 0.3) is 5.91 Å². The summed E-state index contributed by atoms with van der Waals surface area (Å²) >= 11 is 0. The first-order chi connectivity index (χ1) is 11.5. The molecule has 0 bridgehead atoms. The lowest BCUT2D eigenvalue weighted by atomic mass is 10.1. The van der Waals surface area contributed by atoms with Gasteiger partial charge < -0.3 is 16.0 Å². The molecule has 0 unspecified atom stereocenters. The van der Waals surface area contributed by atoms with Gasteiger partial charge >= 0.3 is 6.03 Å². The zero-order chi connectivity index (χ0) is 17.5. The Labute approximate surface area is 140 Å². The lowest BCUT2D eigenvalue weighted by molar-refractivity contribution is 0.0947. The van der Waals surface area contributed by atoms with Crippen molar-refractivity contribution in [3.8, 4) is 0 Å². The third-order valence-corrected chi connectivity index (χ3v) is 3.20. The van der Waals surface area contributed by atoms with Crippen LogP contribution < -0.4 is 16.0 Å². The number of rotatable bonds is 5. The summed E-state index contributed by atoms with van der Waals surface area (Å²) in [6, 6.07) is 12.7. The van der Waals surface area contributed by atoms with Crippen LogP contribution in [0.2, 0.25) is 0 Å². The van der Waals surface area contributed by atoms with Crippen LogP contribution in [0.5, 0.6) is 0 Å². The highest BCUT2D eigenvalue weighted by molar-refractivity contribution is 5.94. The molecule has 0 aliphatic rings. The molecule has 2 aromatic rings. The summed E-state index contributed by atoms with van der Waals surface area (Å²) < 4.78 is 13.5. The number of hydrogen-bond donors (Lipinski definition) is 3. The largest absolute Gasteiger partial charge is 0.348 e. The van der Waals surface area contributed by atoms with E-state index in [1.54, 1.807) is 30.3 Å². The molecule has 0 radical (unpaired) electrons. The Morgan fingerprint density at radius 2 is 1.71 bits per heavy atom. The fourth-order valence-electron chi connectivity index (χ4n) is 2.06. The number of carbonyl (C=O) groups excluding carboxylic acids is 2. The molecule has 0 aliphatic heterocycles. The molecule has 126 valence electrons. The van der Waals surface area contributed by atoms with Crippen LogP contribution in [0.4, 0.5) is 14.9 Å². The second-order valence-electron chi connectivity index (χ2n) is 5.61. The van der Waals surface area contributed by atoms with Crippen LogP contribution in [0.1, 0.15) is 29.8 Å². The van der Waals surface area contributed by atoms with Crippen LogP contribution in [-0.2, 0) is 6.54 Å². The van der Waals surface area contributed by atoms with E-state index >= 15 is 0 Å². The normalized spacial score (nSPS) is 10.3. The van der Waals surface area contributed by atoms with Crippen molar-refractivity contribution < 1.29 is 14.0 Å². The van der Waals surface area contributed by atoms with Gasteiger partial charge in [0.15, 0.2) is 0 Å². The van der Waals surface area contributed by atoms with E-state index in [-0.39, 0.29) is 24.2 Å². The van der Waals surface area contributed by atoms with Crippen molar-refractivity contribution in [2.45, 2.75) is 26.4 Å². The third-order valence-electron chi connectivity index (χ3n) is 3.20. The van der Waals surface area contributed by atoms with E-state index in [0.717, 1.165) is 5.56 Å². The molecule has 3 amide bonds. The topological polar surface area (TPSA) is 70.2 Å². The predicted molar refractivity (Wildman–Crippen MR) is 91.3 cm³/mol. The molecule has 0 saturated heterocycles. The van der Waals surface area contributed by atoms with Crippen LogP contribution in [0, 0.1) is 5.82 Å². The first-order valence-electron chi connectivity index (χ1n) is 7.65. The maximum Gasteiger partial charge on any atom is 0.319 e. The highest BCUT2D eigenvalue weighted by atomic mass is 19.1. The molecule has 0 spiro atoms. The molecule has 2 rings (SSSR count). The number of carbonyl (C=O) groups is 2. The Morgan fingerprint density at radius 3 is 2.33 bits per heavy atom. The molecule has 0 aliphatic carbocycles. The minimum Gasteiger partial charge on any atom is -0.348 e. The molecule has 2 aromatic carbocycles. The Hall–Kier alpha value is -2.89. The Balaban J connectivity index is 1.89. The standard InChI is InChI=1S/C18H20FN3O2/c1-12(2)21-18(24)22-14-9-7-13(8-10-14)11-20-17(23)15-5-3-4-6-16(15)19/h3-10,12H,11H2,1-2H3,(H,20,23)(H2,21,22,24). The van der Waals surface area contributed by atoms with Gasteiger partial charge in [-0.2, -0.15) is 0 Å². The number of nitrogens with one attached hydrogen (secondary N) is 3. The average molecular weight is 329 g/mol. The van der Waals surface area contributed by atoms with Crippen molar-refractivity contribution in [3.05, 3.63) is 65.5 Å². The summed E-state index contributed by atoms with van der Waals surface area (Å²) in [7, 11) is 0. The van der Waals surface area contributed by atoms with E-state index in [9.17, 15) is 14.0 Å². The summed E-state index contributed by atoms with van der Waals surface area (Å²) in [6.07, 6.45) is 0. The number of anilines is 1. The fraction of sp³-hybridized carbons (Fsp3) is 0.222. The maximum atomic E-state index is 13.5. The number of urea groups is 1. The van der Waals surface area contributed by atoms with Gasteiger partial charge in [0, 0.05) is 18.3 Å². The molecule has 0 fully saturated rings. The van der Waals surface area contributed by atoms with Crippen LogP contribution in [0.25, 0.3) is 0 Å². The van der Waals surface area contributed by atoms with E-state index in [4.69, 9.17) is 0 Å². The minimum atomic E-state index is -0.550. The SMILES string of the molecule is CC(C)NC(=O)Nc1ccc(CNC(=O)c2ccccc2F)cc1. The summed E-state index contributed by atoms with van der Waals surface area (Å²) in [5.74, 6) is -1.02. The van der Waals surface area contributed by atoms with Gasteiger partial charge in [0.1, 0.15) is 5.82 Å². The predicted octanol–water partition coefficient (Wildman–Crippen LogP) is 3.29. The van der Waals surface area contributed by atoms with E-state index < -0.39 is 11.7 Å². The van der Waals surface area contributed by atoms with Crippen molar-refractivity contribution in [2.24, 2.45) is 0 Å². The van der Waals surface area contributed by atoms with E-state index in [2.05, 4.69) is 16.0 Å². The fourth-order valence-corrected chi connectivity index (χ4v) is 2.06. The highest BCUT2D eigenvalue weighted by Gasteiger charge is 2.10. The second-order valence-corrected chi connectivity index (χ2v) is 5.61. The van der Waals surface area contributed by atoms with Gasteiger partial charge in [-0.1, -0.05) is 24.3 Å². The van der Waals surface area contributed by atoms with Crippen LogP contribution in [0.15, 0.2) is 48.5 Å². The maximum absolute atomic E-state index is 13.5. The van der Waals surface area contributed by atoms with Crippen molar-refractivity contribution in [1.29, 1.82) is 0 Å². The molecule has 0 saturated carbocycles.